The number of nitrogens with two attached hydrogens (primary N) is 1. The van der Waals surface area contributed by atoms with E-state index in [9.17, 15) is 9.59 Å². The number of hydrogen-bond acceptors (Lipinski definition) is 6. The van der Waals surface area contributed by atoms with Gasteiger partial charge in [0.1, 0.15) is 5.75 Å². The van der Waals surface area contributed by atoms with Gasteiger partial charge in [0.2, 0.25) is 6.79 Å². The van der Waals surface area contributed by atoms with E-state index in [2.05, 4.69) is 0 Å². The van der Waals surface area contributed by atoms with Crippen molar-refractivity contribution in [3.05, 3.63) is 29.8 Å². The third kappa shape index (κ3) is 7.43. The first kappa shape index (κ1) is 20.8. The Kier molecular flexibility index (Phi) is 9.39. The number of esters is 1. The Labute approximate surface area is 149 Å². The molecule has 0 radical (unpaired) electrons. The number of hydrogen-bond donors (Lipinski definition) is 1. The van der Waals surface area contributed by atoms with Gasteiger partial charge in [-0.1, -0.05) is 18.2 Å². The van der Waals surface area contributed by atoms with E-state index >= 15 is 0 Å². The Bertz CT molecular complexity index is 550. The van der Waals surface area contributed by atoms with Crippen LogP contribution < -0.4 is 10.5 Å². The first-order valence-electron chi connectivity index (χ1n) is 8.36. The zero-order valence-corrected chi connectivity index (χ0v) is 15.2. The topological polar surface area (TPSA) is 91.1 Å². The number of carbonyl (C=O) groups excluding carboxylic acids is 2. The van der Waals surface area contributed by atoms with Gasteiger partial charge in [0.05, 0.1) is 7.11 Å². The Morgan fingerprint density at radius 3 is 2.60 bits per heavy atom. The summed E-state index contributed by atoms with van der Waals surface area (Å²) in [6.07, 6.45) is 1.78. The third-order valence-electron chi connectivity index (χ3n) is 3.89. The molecule has 0 heterocycles. The predicted octanol–water partition coefficient (Wildman–Crippen LogP) is 2.32. The van der Waals surface area contributed by atoms with Gasteiger partial charge in [-0.3, -0.25) is 4.79 Å². The second kappa shape index (κ2) is 11.3. The summed E-state index contributed by atoms with van der Waals surface area (Å²) in [5.41, 5.74) is 6.36. The molecule has 0 aromatic heterocycles. The molecule has 0 saturated carbocycles. The number of para-hydroxylation sites is 1. The molecular formula is C18H28N2O5. The van der Waals surface area contributed by atoms with Crippen molar-refractivity contribution in [1.82, 2.24) is 4.90 Å². The van der Waals surface area contributed by atoms with Gasteiger partial charge in [-0.05, 0) is 44.4 Å². The minimum absolute atomic E-state index is 0.107. The summed E-state index contributed by atoms with van der Waals surface area (Å²) < 4.78 is 15.2. The molecule has 0 aliphatic rings. The third-order valence-corrected chi connectivity index (χ3v) is 3.89. The van der Waals surface area contributed by atoms with Crippen LogP contribution in [0.5, 0.6) is 5.75 Å². The fourth-order valence-electron chi connectivity index (χ4n) is 2.24. The second-order valence-electron chi connectivity index (χ2n) is 5.77. The first-order valence-corrected chi connectivity index (χ1v) is 8.36. The van der Waals surface area contributed by atoms with E-state index < -0.39 is 12.1 Å². The number of unbranched alkanes of at least 4 members (excludes halogenated alkanes) is 1. The highest BCUT2D eigenvalue weighted by molar-refractivity contribution is 5.70. The van der Waals surface area contributed by atoms with Gasteiger partial charge in [-0.15, -0.1) is 0 Å². The van der Waals surface area contributed by atoms with Crippen molar-refractivity contribution in [2.45, 2.75) is 38.6 Å². The van der Waals surface area contributed by atoms with Crippen LogP contribution in [0.25, 0.3) is 0 Å². The van der Waals surface area contributed by atoms with E-state index in [1.807, 2.05) is 31.2 Å². The van der Waals surface area contributed by atoms with Crippen LogP contribution in [0, 0.1) is 0 Å². The molecule has 1 rings (SSSR count). The molecule has 0 fully saturated rings. The van der Waals surface area contributed by atoms with Crippen LogP contribution in [0.3, 0.4) is 0 Å². The molecule has 0 aliphatic carbocycles. The van der Waals surface area contributed by atoms with E-state index in [0.29, 0.717) is 19.4 Å². The average molecular weight is 352 g/mol. The molecule has 7 heteroatoms. The lowest BCUT2D eigenvalue weighted by molar-refractivity contribution is -0.152. The van der Waals surface area contributed by atoms with Crippen LogP contribution in [-0.2, 0) is 20.7 Å². The molecule has 0 spiro atoms. The van der Waals surface area contributed by atoms with Crippen molar-refractivity contribution in [2.24, 2.45) is 5.73 Å². The van der Waals surface area contributed by atoms with Crippen molar-refractivity contribution in [1.29, 1.82) is 0 Å². The molecular weight excluding hydrogens is 324 g/mol. The highest BCUT2D eigenvalue weighted by atomic mass is 16.7. The van der Waals surface area contributed by atoms with E-state index in [4.69, 9.17) is 19.9 Å². The Hall–Kier alpha value is -2.28. The number of benzene rings is 1. The highest BCUT2D eigenvalue weighted by Crippen LogP contribution is 2.20. The molecule has 140 valence electrons. The van der Waals surface area contributed by atoms with E-state index in [-0.39, 0.29) is 19.3 Å². The maximum absolute atomic E-state index is 12.0. The quantitative estimate of drug-likeness (QED) is 0.395. The van der Waals surface area contributed by atoms with Crippen LogP contribution in [0.15, 0.2) is 24.3 Å². The van der Waals surface area contributed by atoms with Crippen LogP contribution >= 0.6 is 0 Å². The second-order valence-corrected chi connectivity index (χ2v) is 5.77. The summed E-state index contributed by atoms with van der Waals surface area (Å²) in [7, 11) is 3.26. The van der Waals surface area contributed by atoms with Gasteiger partial charge in [0, 0.05) is 19.5 Å². The maximum atomic E-state index is 12.0. The normalized spacial score (nSPS) is 11.5. The summed E-state index contributed by atoms with van der Waals surface area (Å²) in [4.78, 5) is 24.9. The molecule has 0 saturated heterocycles. The number of rotatable bonds is 10. The molecule has 1 unspecified atom stereocenters. The van der Waals surface area contributed by atoms with Crippen molar-refractivity contribution in [3.63, 3.8) is 0 Å². The van der Waals surface area contributed by atoms with E-state index in [1.54, 1.807) is 14.2 Å². The number of methoxy groups -OCH3 is 1. The molecule has 0 bridgehead atoms. The molecule has 7 nitrogen and oxygen atoms in total. The first-order chi connectivity index (χ1) is 12.0. The van der Waals surface area contributed by atoms with Crippen LogP contribution in [0.2, 0.25) is 0 Å². The largest absolute Gasteiger partial charge is 0.496 e. The monoisotopic (exact) mass is 352 g/mol. The Morgan fingerprint density at radius 1 is 1.20 bits per heavy atom. The van der Waals surface area contributed by atoms with Crippen molar-refractivity contribution >= 4 is 12.1 Å². The van der Waals surface area contributed by atoms with Crippen LogP contribution in [-0.4, -0.2) is 50.5 Å². The number of ether oxygens (including phenoxy) is 3. The molecule has 1 aromatic rings. The molecule has 25 heavy (non-hydrogen) atoms. The van der Waals surface area contributed by atoms with Gasteiger partial charge in [-0.25, -0.2) is 4.79 Å². The number of carbonyl (C=O) groups is 2. The summed E-state index contributed by atoms with van der Waals surface area (Å²) in [6, 6.07) is 7.55. The molecule has 1 amide bonds. The molecule has 0 aliphatic heterocycles. The lowest BCUT2D eigenvalue weighted by atomic mass is 10.1. The lowest BCUT2D eigenvalue weighted by Gasteiger charge is -2.24. The standard InChI is InChI=1S/C18H28N2O5/c1-14(12-15-8-4-5-9-16(15)23-3)20(2)18(22)25-13-24-17(21)10-6-7-11-19/h4-5,8-9,14H,6-7,10-13,19H2,1-3H3. The minimum Gasteiger partial charge on any atom is -0.496 e. The molecule has 2 N–H and O–H groups in total. The van der Waals surface area contributed by atoms with Crippen LogP contribution in [0.4, 0.5) is 4.79 Å². The minimum atomic E-state index is -0.544. The van der Waals surface area contributed by atoms with Crippen LogP contribution in [0.1, 0.15) is 31.7 Å². The number of nitrogens with zero attached hydrogens (tertiary/aromatic N) is 1. The highest BCUT2D eigenvalue weighted by Gasteiger charge is 2.19. The zero-order valence-electron chi connectivity index (χ0n) is 15.2. The Morgan fingerprint density at radius 2 is 1.92 bits per heavy atom. The summed E-state index contributed by atoms with van der Waals surface area (Å²) in [5, 5.41) is 0. The predicted molar refractivity (Wildman–Crippen MR) is 94.3 cm³/mol. The number of likely N-dealkylation sites (N-methyl/N-ethyl adjacent to an activating group) is 1. The Balaban J connectivity index is 2.38. The average Bonchev–Trinajstić information content (AvgIpc) is 2.61. The lowest BCUT2D eigenvalue weighted by Crippen LogP contribution is -2.37. The van der Waals surface area contributed by atoms with Crippen molar-refractivity contribution in [3.8, 4) is 5.75 Å². The zero-order chi connectivity index (χ0) is 18.7. The number of amides is 1. The van der Waals surface area contributed by atoms with Gasteiger partial charge in [0.25, 0.3) is 0 Å². The van der Waals surface area contributed by atoms with Gasteiger partial charge >= 0.3 is 12.1 Å². The SMILES string of the molecule is COc1ccccc1CC(C)N(C)C(=O)OCOC(=O)CCCCN. The fraction of sp³-hybridized carbons (Fsp3) is 0.556. The van der Waals surface area contributed by atoms with E-state index in [1.165, 1.54) is 4.90 Å². The maximum Gasteiger partial charge on any atom is 0.412 e. The molecule has 1 atom stereocenters. The molecule has 1 aromatic carbocycles. The van der Waals surface area contributed by atoms with Gasteiger partial charge < -0.3 is 24.8 Å². The van der Waals surface area contributed by atoms with Crippen molar-refractivity contribution < 1.29 is 23.8 Å². The smallest absolute Gasteiger partial charge is 0.412 e. The van der Waals surface area contributed by atoms with Crippen molar-refractivity contribution in [2.75, 3.05) is 27.5 Å². The summed E-state index contributed by atoms with van der Waals surface area (Å²) in [6.45, 7) is 2.07. The summed E-state index contributed by atoms with van der Waals surface area (Å²) in [5.74, 6) is 0.383. The van der Waals surface area contributed by atoms with E-state index in [0.717, 1.165) is 17.7 Å². The fourth-order valence-corrected chi connectivity index (χ4v) is 2.24. The van der Waals surface area contributed by atoms with Gasteiger partial charge in [-0.2, -0.15) is 0 Å². The van der Waals surface area contributed by atoms with Gasteiger partial charge in [0.15, 0.2) is 0 Å². The summed E-state index contributed by atoms with van der Waals surface area (Å²) >= 11 is 0.